The predicted molar refractivity (Wildman–Crippen MR) is 155 cm³/mol. The Hall–Kier alpha value is -4.02. The summed E-state index contributed by atoms with van der Waals surface area (Å²) < 4.78 is 36.2. The molecule has 4 aromatic rings. The van der Waals surface area contributed by atoms with Crippen LogP contribution in [-0.2, 0) is 22.2 Å². The third kappa shape index (κ3) is 6.34. The van der Waals surface area contributed by atoms with E-state index in [0.29, 0.717) is 33.7 Å². The van der Waals surface area contributed by atoms with Crippen LogP contribution in [0.1, 0.15) is 40.5 Å². The Labute approximate surface area is 241 Å². The number of hydrogen-bond donors (Lipinski definition) is 2. The summed E-state index contributed by atoms with van der Waals surface area (Å²) in [5.74, 6) is -1.99. The van der Waals surface area contributed by atoms with Crippen LogP contribution in [-0.4, -0.2) is 51.2 Å². The van der Waals surface area contributed by atoms with E-state index in [4.69, 9.17) is 4.74 Å². The summed E-state index contributed by atoms with van der Waals surface area (Å²) in [7, 11) is 1.82. The van der Waals surface area contributed by atoms with Crippen LogP contribution in [0.5, 0.6) is 0 Å². The molecule has 1 amide bonds. The topological polar surface area (TPSA) is 93.4 Å². The number of rotatable bonds is 12. The summed E-state index contributed by atoms with van der Waals surface area (Å²) in [6.45, 7) is 2.13. The van der Waals surface area contributed by atoms with Crippen molar-refractivity contribution in [3.63, 3.8) is 0 Å². The summed E-state index contributed by atoms with van der Waals surface area (Å²) in [5.41, 5.74) is 1.87. The quantitative estimate of drug-likeness (QED) is 0.226. The lowest BCUT2D eigenvalue weighted by Gasteiger charge is -2.35. The van der Waals surface area contributed by atoms with Gasteiger partial charge >= 0.3 is 5.97 Å². The molecule has 0 saturated carbocycles. The van der Waals surface area contributed by atoms with Crippen molar-refractivity contribution in [1.29, 1.82) is 0 Å². The number of benzene rings is 3. The smallest absolute Gasteiger partial charge is 0.326 e. The third-order valence-corrected chi connectivity index (χ3v) is 7.47. The highest BCUT2D eigenvalue weighted by atomic mass is 32.2. The van der Waals surface area contributed by atoms with E-state index in [9.17, 15) is 23.5 Å². The van der Waals surface area contributed by atoms with Crippen molar-refractivity contribution in [3.05, 3.63) is 113 Å². The fourth-order valence-electron chi connectivity index (χ4n) is 4.86. The second-order valence-electron chi connectivity index (χ2n) is 9.42. The molecule has 2 N–H and O–H groups in total. The number of carbonyl (C=O) groups is 2. The highest BCUT2D eigenvalue weighted by molar-refractivity contribution is 7.98. The lowest BCUT2D eigenvalue weighted by atomic mass is 9.81. The van der Waals surface area contributed by atoms with E-state index in [2.05, 4.69) is 10.3 Å². The van der Waals surface area contributed by atoms with E-state index < -0.39 is 35.2 Å². The van der Waals surface area contributed by atoms with E-state index in [1.807, 2.05) is 20.2 Å². The van der Waals surface area contributed by atoms with Crippen molar-refractivity contribution in [2.75, 3.05) is 18.6 Å². The first kappa shape index (κ1) is 30.0. The van der Waals surface area contributed by atoms with Gasteiger partial charge in [0.15, 0.2) is 5.60 Å². The molecule has 2 atom stereocenters. The number of ether oxygens (including phenoxy) is 1. The van der Waals surface area contributed by atoms with Gasteiger partial charge in [0, 0.05) is 19.2 Å². The molecule has 41 heavy (non-hydrogen) atoms. The maximum Gasteiger partial charge on any atom is 0.326 e. The maximum atomic E-state index is 14.0. The van der Waals surface area contributed by atoms with Crippen LogP contribution < -0.4 is 5.32 Å². The van der Waals surface area contributed by atoms with Gasteiger partial charge in [-0.2, -0.15) is 11.8 Å². The zero-order valence-corrected chi connectivity index (χ0v) is 23.8. The molecule has 10 heteroatoms. The van der Waals surface area contributed by atoms with Gasteiger partial charge in [0.1, 0.15) is 17.7 Å². The number of carboxylic acids is 1. The zero-order valence-electron chi connectivity index (χ0n) is 22.9. The SMILES string of the molecule is CCOC(c1ccc(F)cc1)(c1ccc(C(=O)N[C@@H](CCSC)C(=O)O)c(-c2ccc(F)cc2)c1)c1cncn1C. The Kier molecular flexibility index (Phi) is 9.57. The van der Waals surface area contributed by atoms with E-state index in [0.717, 1.165) is 0 Å². The predicted octanol–water partition coefficient (Wildman–Crippen LogP) is 5.63. The number of nitrogens with one attached hydrogen (secondary N) is 1. The monoisotopic (exact) mass is 579 g/mol. The number of hydrogen-bond acceptors (Lipinski definition) is 5. The van der Waals surface area contributed by atoms with Gasteiger partial charge in [0.05, 0.1) is 18.2 Å². The van der Waals surface area contributed by atoms with E-state index in [1.54, 1.807) is 59.6 Å². The molecule has 0 aliphatic rings. The molecule has 4 rings (SSSR count). The molecule has 0 spiro atoms. The van der Waals surface area contributed by atoms with Gasteiger partial charge in [-0.3, -0.25) is 4.79 Å². The molecule has 0 aliphatic carbocycles. The lowest BCUT2D eigenvalue weighted by molar-refractivity contribution is -0.139. The van der Waals surface area contributed by atoms with Crippen LogP contribution in [0.15, 0.2) is 79.3 Å². The molecular weight excluding hydrogens is 548 g/mol. The van der Waals surface area contributed by atoms with Crippen molar-refractivity contribution in [2.24, 2.45) is 7.05 Å². The minimum Gasteiger partial charge on any atom is -0.480 e. The zero-order chi connectivity index (χ0) is 29.6. The second-order valence-corrected chi connectivity index (χ2v) is 10.4. The minimum atomic E-state index is -1.25. The Morgan fingerprint density at radius 2 is 1.68 bits per heavy atom. The van der Waals surface area contributed by atoms with Crippen LogP contribution in [0.25, 0.3) is 11.1 Å². The van der Waals surface area contributed by atoms with Crippen LogP contribution in [0, 0.1) is 11.6 Å². The molecule has 1 aromatic heterocycles. The van der Waals surface area contributed by atoms with Gasteiger partial charge in [-0.05, 0) is 84.0 Å². The van der Waals surface area contributed by atoms with Crippen molar-refractivity contribution in [3.8, 4) is 11.1 Å². The molecule has 214 valence electrons. The molecule has 0 saturated heterocycles. The molecule has 0 fully saturated rings. The van der Waals surface area contributed by atoms with E-state index in [-0.39, 0.29) is 18.6 Å². The van der Waals surface area contributed by atoms with Crippen molar-refractivity contribution in [2.45, 2.75) is 25.0 Å². The number of carbonyl (C=O) groups excluding carboxylic acids is 1. The third-order valence-electron chi connectivity index (χ3n) is 6.83. The number of nitrogens with zero attached hydrogens (tertiary/aromatic N) is 2. The molecular formula is C31H31F2N3O4S. The number of carboxylic acid groups (broad SMARTS) is 1. The maximum absolute atomic E-state index is 14.0. The first-order valence-corrected chi connectivity index (χ1v) is 14.4. The number of aliphatic carboxylic acids is 1. The van der Waals surface area contributed by atoms with Gasteiger partial charge in [0.2, 0.25) is 0 Å². The first-order chi connectivity index (χ1) is 19.7. The summed E-state index contributed by atoms with van der Waals surface area (Å²) in [6, 6.07) is 15.7. The number of amides is 1. The molecule has 7 nitrogen and oxygen atoms in total. The van der Waals surface area contributed by atoms with Crippen LogP contribution in [0.2, 0.25) is 0 Å². The van der Waals surface area contributed by atoms with Gasteiger partial charge in [-0.15, -0.1) is 0 Å². The lowest BCUT2D eigenvalue weighted by Crippen LogP contribution is -2.41. The van der Waals surface area contributed by atoms with Crippen LogP contribution in [0.3, 0.4) is 0 Å². The molecule has 0 radical (unpaired) electrons. The average Bonchev–Trinajstić information content (AvgIpc) is 3.40. The second kappa shape index (κ2) is 13.1. The first-order valence-electron chi connectivity index (χ1n) is 13.0. The van der Waals surface area contributed by atoms with Crippen molar-refractivity contribution in [1.82, 2.24) is 14.9 Å². The number of aromatic nitrogens is 2. The number of halogens is 2. The van der Waals surface area contributed by atoms with Gasteiger partial charge in [0.25, 0.3) is 5.91 Å². The Morgan fingerprint density at radius 1 is 1.05 bits per heavy atom. The van der Waals surface area contributed by atoms with Crippen molar-refractivity contribution < 1.29 is 28.2 Å². The molecule has 1 unspecified atom stereocenters. The standard InChI is InChI=1S/C31H31F2N3O4S/c1-4-40-31(28-18-34-19-36(28)2,21-7-12-24(33)13-8-21)22-9-14-25(26(17-22)20-5-10-23(32)11-6-20)29(37)35-27(30(38)39)15-16-41-3/h5-14,17-19,27H,4,15-16H2,1-3H3,(H,35,37)(H,38,39)/t27-,31?/m0/s1. The minimum absolute atomic E-state index is 0.213. The van der Waals surface area contributed by atoms with Gasteiger partial charge in [-0.25, -0.2) is 18.6 Å². The number of aryl methyl sites for hydroxylation is 1. The van der Waals surface area contributed by atoms with Crippen LogP contribution in [0.4, 0.5) is 8.78 Å². The van der Waals surface area contributed by atoms with Gasteiger partial charge in [-0.1, -0.05) is 30.3 Å². The van der Waals surface area contributed by atoms with Crippen LogP contribution >= 0.6 is 11.8 Å². The largest absolute Gasteiger partial charge is 0.480 e. The Morgan fingerprint density at radius 3 is 2.24 bits per heavy atom. The fraction of sp³-hybridized carbons (Fsp3) is 0.258. The molecule has 0 aliphatic heterocycles. The number of thioether (sulfide) groups is 1. The van der Waals surface area contributed by atoms with Crippen molar-refractivity contribution >= 4 is 23.6 Å². The fourth-order valence-corrected chi connectivity index (χ4v) is 5.33. The number of imidazole rings is 1. The summed E-state index contributed by atoms with van der Waals surface area (Å²) in [6.07, 6.45) is 5.42. The van der Waals surface area contributed by atoms with E-state index in [1.165, 1.54) is 36.0 Å². The summed E-state index contributed by atoms with van der Waals surface area (Å²) >= 11 is 1.48. The molecule has 1 heterocycles. The van der Waals surface area contributed by atoms with Gasteiger partial charge < -0.3 is 19.7 Å². The Balaban J connectivity index is 1.94. The summed E-state index contributed by atoms with van der Waals surface area (Å²) in [5, 5.41) is 12.3. The average molecular weight is 580 g/mol. The normalized spacial score (nSPS) is 13.4. The molecule has 0 bridgehead atoms. The highest BCUT2D eigenvalue weighted by Crippen LogP contribution is 2.42. The van der Waals surface area contributed by atoms with E-state index >= 15 is 0 Å². The Bertz CT molecular complexity index is 1510. The highest BCUT2D eigenvalue weighted by Gasteiger charge is 2.40. The molecule has 3 aromatic carbocycles. The summed E-state index contributed by atoms with van der Waals surface area (Å²) in [4.78, 5) is 29.7.